The molecule has 0 aliphatic rings. The van der Waals surface area contributed by atoms with E-state index in [4.69, 9.17) is 13.9 Å². The first kappa shape index (κ1) is 20.3. The molecule has 1 aromatic heterocycles. The zero-order valence-corrected chi connectivity index (χ0v) is 15.8. The average Bonchev–Trinajstić information content (AvgIpc) is 3.30. The van der Waals surface area contributed by atoms with Crippen molar-refractivity contribution in [3.63, 3.8) is 0 Å². The molecule has 0 saturated carbocycles. The first-order valence-electron chi connectivity index (χ1n) is 8.70. The fourth-order valence-electron chi connectivity index (χ4n) is 2.32. The maximum Gasteiger partial charge on any atom is 0.379 e. The van der Waals surface area contributed by atoms with Crippen molar-refractivity contribution in [2.75, 3.05) is 12.4 Å². The molecule has 2 amide bonds. The van der Waals surface area contributed by atoms with Crippen LogP contribution in [0.2, 0.25) is 0 Å². The lowest BCUT2D eigenvalue weighted by molar-refractivity contribution is -0.136. The Balaban J connectivity index is 1.51. The van der Waals surface area contributed by atoms with Gasteiger partial charge in [0.15, 0.2) is 0 Å². The highest BCUT2D eigenvalue weighted by molar-refractivity contribution is 6.39. The number of carbonyl (C=O) groups excluding carboxylic acids is 3. The molecule has 152 valence electrons. The molecule has 1 heterocycles. The smallest absolute Gasteiger partial charge is 0.379 e. The summed E-state index contributed by atoms with van der Waals surface area (Å²) in [6.45, 7) is 0. The van der Waals surface area contributed by atoms with Gasteiger partial charge in [-0.05, 0) is 54.1 Å². The lowest BCUT2D eigenvalue weighted by Gasteiger charge is -2.08. The van der Waals surface area contributed by atoms with E-state index in [1.165, 1.54) is 25.7 Å². The van der Waals surface area contributed by atoms with Crippen molar-refractivity contribution in [1.82, 2.24) is 5.43 Å². The fraction of sp³-hybridized carbons (Fsp3) is 0.0476. The van der Waals surface area contributed by atoms with Crippen LogP contribution < -0.4 is 20.2 Å². The van der Waals surface area contributed by atoms with Crippen LogP contribution in [0.3, 0.4) is 0 Å². The number of anilines is 1. The van der Waals surface area contributed by atoms with Gasteiger partial charge >= 0.3 is 17.8 Å². The zero-order chi connectivity index (χ0) is 21.3. The van der Waals surface area contributed by atoms with Gasteiger partial charge in [-0.2, -0.15) is 5.10 Å². The van der Waals surface area contributed by atoms with E-state index in [0.717, 1.165) is 0 Å². The number of ether oxygens (including phenoxy) is 2. The van der Waals surface area contributed by atoms with Gasteiger partial charge in [-0.25, -0.2) is 10.2 Å². The van der Waals surface area contributed by atoms with E-state index in [1.807, 2.05) is 0 Å². The van der Waals surface area contributed by atoms with E-state index >= 15 is 0 Å². The van der Waals surface area contributed by atoms with Crippen molar-refractivity contribution >= 4 is 29.7 Å². The summed E-state index contributed by atoms with van der Waals surface area (Å²) in [5, 5.41) is 6.18. The number of methoxy groups -OCH3 is 1. The molecule has 0 aliphatic heterocycles. The first-order chi connectivity index (χ1) is 14.6. The number of rotatable bonds is 6. The maximum absolute atomic E-state index is 12.0. The Hall–Kier alpha value is -4.40. The number of nitrogens with zero attached hydrogens (tertiary/aromatic N) is 1. The van der Waals surface area contributed by atoms with Gasteiger partial charge in [0.05, 0.1) is 25.3 Å². The first-order valence-corrected chi connectivity index (χ1v) is 8.70. The van der Waals surface area contributed by atoms with Crippen LogP contribution in [0, 0.1) is 0 Å². The van der Waals surface area contributed by atoms with E-state index in [9.17, 15) is 14.4 Å². The zero-order valence-electron chi connectivity index (χ0n) is 15.8. The molecule has 0 spiro atoms. The van der Waals surface area contributed by atoms with Crippen molar-refractivity contribution in [3.05, 3.63) is 78.3 Å². The Kier molecular flexibility index (Phi) is 6.57. The summed E-state index contributed by atoms with van der Waals surface area (Å²) in [5.74, 6) is -1.62. The monoisotopic (exact) mass is 407 g/mol. The Morgan fingerprint density at radius 3 is 2.43 bits per heavy atom. The Labute approximate surface area is 171 Å². The summed E-state index contributed by atoms with van der Waals surface area (Å²) < 4.78 is 15.2. The van der Waals surface area contributed by atoms with Gasteiger partial charge in [0.1, 0.15) is 11.5 Å². The standard InChI is InChI=1S/C21H17N3O6/c1-28-17-6-3-2-5-16(17)23-19(25)20(26)24-22-13-14-8-10-15(11-9-14)30-21(27)18-7-4-12-29-18/h2-13H,1H3,(H,23,25)(H,24,26). The topological polar surface area (TPSA) is 119 Å². The van der Waals surface area contributed by atoms with Crippen molar-refractivity contribution in [2.24, 2.45) is 5.10 Å². The van der Waals surface area contributed by atoms with Crippen LogP contribution in [0.4, 0.5) is 5.69 Å². The van der Waals surface area contributed by atoms with Gasteiger partial charge in [0.2, 0.25) is 5.76 Å². The highest BCUT2D eigenvalue weighted by Crippen LogP contribution is 2.22. The molecule has 0 radical (unpaired) electrons. The molecule has 2 aromatic carbocycles. The molecule has 3 aromatic rings. The van der Waals surface area contributed by atoms with Crippen molar-refractivity contribution in [1.29, 1.82) is 0 Å². The molecule has 0 bridgehead atoms. The highest BCUT2D eigenvalue weighted by atomic mass is 16.5. The largest absolute Gasteiger partial charge is 0.495 e. The lowest BCUT2D eigenvalue weighted by Crippen LogP contribution is -2.32. The molecular formula is C21H17N3O6. The Bertz CT molecular complexity index is 1060. The van der Waals surface area contributed by atoms with Crippen LogP contribution in [-0.2, 0) is 9.59 Å². The van der Waals surface area contributed by atoms with Gasteiger partial charge in [0.25, 0.3) is 0 Å². The number of furan rings is 1. The summed E-state index contributed by atoms with van der Waals surface area (Å²) in [6.07, 6.45) is 2.72. The minimum atomic E-state index is -0.943. The number of nitrogens with one attached hydrogen (secondary N) is 2. The van der Waals surface area contributed by atoms with E-state index in [-0.39, 0.29) is 5.76 Å². The number of hydrazone groups is 1. The van der Waals surface area contributed by atoms with Crippen LogP contribution in [0.25, 0.3) is 0 Å². The molecule has 3 rings (SSSR count). The minimum Gasteiger partial charge on any atom is -0.495 e. The third-order valence-electron chi connectivity index (χ3n) is 3.75. The third-order valence-corrected chi connectivity index (χ3v) is 3.75. The predicted octanol–water partition coefficient (Wildman–Crippen LogP) is 2.60. The summed E-state index contributed by atoms with van der Waals surface area (Å²) in [7, 11) is 1.46. The second-order valence-electron chi connectivity index (χ2n) is 5.79. The number of amides is 2. The minimum absolute atomic E-state index is 0.0924. The summed E-state index contributed by atoms with van der Waals surface area (Å²) >= 11 is 0. The number of esters is 1. The van der Waals surface area contributed by atoms with Crippen LogP contribution in [0.15, 0.2) is 76.4 Å². The van der Waals surface area contributed by atoms with Gasteiger partial charge < -0.3 is 19.2 Å². The number of carbonyl (C=O) groups is 3. The molecule has 0 saturated heterocycles. The number of para-hydroxylation sites is 2. The lowest BCUT2D eigenvalue weighted by atomic mass is 10.2. The summed E-state index contributed by atoms with van der Waals surface area (Å²) in [5.41, 5.74) is 3.11. The molecule has 9 heteroatoms. The van der Waals surface area contributed by atoms with Crippen LogP contribution in [-0.4, -0.2) is 31.1 Å². The molecule has 2 N–H and O–H groups in total. The second kappa shape index (κ2) is 9.69. The molecule has 0 atom stereocenters. The molecule has 0 aliphatic carbocycles. The van der Waals surface area contributed by atoms with Gasteiger partial charge in [0, 0.05) is 0 Å². The molecule has 9 nitrogen and oxygen atoms in total. The number of hydrogen-bond acceptors (Lipinski definition) is 7. The van der Waals surface area contributed by atoms with E-state index in [0.29, 0.717) is 22.7 Å². The Morgan fingerprint density at radius 1 is 0.967 bits per heavy atom. The third kappa shape index (κ3) is 5.32. The number of benzene rings is 2. The Morgan fingerprint density at radius 2 is 1.73 bits per heavy atom. The van der Waals surface area contributed by atoms with Crippen LogP contribution in [0.5, 0.6) is 11.5 Å². The maximum atomic E-state index is 12.0. The number of hydrogen-bond donors (Lipinski definition) is 2. The van der Waals surface area contributed by atoms with Gasteiger partial charge in [-0.1, -0.05) is 12.1 Å². The predicted molar refractivity (Wildman–Crippen MR) is 107 cm³/mol. The molecule has 0 fully saturated rings. The quantitative estimate of drug-likeness (QED) is 0.213. The summed E-state index contributed by atoms with van der Waals surface area (Å²) in [4.78, 5) is 35.6. The van der Waals surface area contributed by atoms with E-state index in [1.54, 1.807) is 54.6 Å². The normalized spacial score (nSPS) is 10.4. The van der Waals surface area contributed by atoms with Crippen molar-refractivity contribution in [2.45, 2.75) is 0 Å². The van der Waals surface area contributed by atoms with Crippen molar-refractivity contribution in [3.8, 4) is 11.5 Å². The molecule has 30 heavy (non-hydrogen) atoms. The molecule has 0 unspecified atom stereocenters. The SMILES string of the molecule is COc1ccccc1NC(=O)C(=O)NN=Cc1ccc(OC(=O)c2ccco2)cc1. The van der Waals surface area contributed by atoms with Crippen molar-refractivity contribution < 1.29 is 28.3 Å². The summed E-state index contributed by atoms with van der Waals surface area (Å²) in [6, 6.07) is 16.1. The molecular weight excluding hydrogens is 390 g/mol. The second-order valence-corrected chi connectivity index (χ2v) is 5.79. The van der Waals surface area contributed by atoms with Gasteiger partial charge in [-0.15, -0.1) is 0 Å². The van der Waals surface area contributed by atoms with E-state index < -0.39 is 17.8 Å². The van der Waals surface area contributed by atoms with Crippen LogP contribution in [0.1, 0.15) is 16.1 Å². The average molecular weight is 407 g/mol. The highest BCUT2D eigenvalue weighted by Gasteiger charge is 2.15. The van der Waals surface area contributed by atoms with Crippen LogP contribution >= 0.6 is 0 Å². The van der Waals surface area contributed by atoms with Gasteiger partial charge in [-0.3, -0.25) is 9.59 Å². The fourth-order valence-corrected chi connectivity index (χ4v) is 2.32. The van der Waals surface area contributed by atoms with E-state index in [2.05, 4.69) is 15.8 Å².